The highest BCUT2D eigenvalue weighted by atomic mass is 16.2. The first-order chi connectivity index (χ1) is 11.1. The van der Waals surface area contributed by atoms with Gasteiger partial charge in [-0.2, -0.15) is 0 Å². The average molecular weight is 308 g/mol. The summed E-state index contributed by atoms with van der Waals surface area (Å²) in [6.45, 7) is 2.46. The summed E-state index contributed by atoms with van der Waals surface area (Å²) in [5.74, 6) is -0.386. The van der Waals surface area contributed by atoms with Crippen LogP contribution in [0.3, 0.4) is 0 Å². The van der Waals surface area contributed by atoms with Crippen molar-refractivity contribution >= 4 is 17.5 Å². The maximum Gasteiger partial charge on any atom is 0.236 e. The molecular weight excluding hydrogens is 288 g/mol. The summed E-state index contributed by atoms with van der Waals surface area (Å²) < 4.78 is 0. The van der Waals surface area contributed by atoms with E-state index < -0.39 is 0 Å². The minimum atomic E-state index is -0.240. The lowest BCUT2D eigenvalue weighted by Crippen LogP contribution is -2.39. The molecule has 1 aliphatic rings. The number of anilines is 1. The molecule has 2 aromatic rings. The quantitative estimate of drug-likeness (QED) is 0.883. The van der Waals surface area contributed by atoms with Crippen molar-refractivity contribution in [3.05, 3.63) is 65.7 Å². The molecule has 1 heterocycles. The summed E-state index contributed by atoms with van der Waals surface area (Å²) in [5.41, 5.74) is 3.12. The summed E-state index contributed by atoms with van der Waals surface area (Å²) >= 11 is 0. The van der Waals surface area contributed by atoms with E-state index in [1.165, 1.54) is 0 Å². The van der Waals surface area contributed by atoms with E-state index in [1.807, 2.05) is 61.5 Å². The SMILES string of the molecule is CC1Cc2ccccc2N1C(=O)CC(=O)NCc1ccccc1. The van der Waals surface area contributed by atoms with Crippen molar-refractivity contribution in [2.45, 2.75) is 32.4 Å². The maximum absolute atomic E-state index is 12.5. The van der Waals surface area contributed by atoms with Crippen molar-refractivity contribution < 1.29 is 9.59 Å². The number of rotatable bonds is 4. The number of amides is 2. The summed E-state index contributed by atoms with van der Waals surface area (Å²) in [7, 11) is 0. The van der Waals surface area contributed by atoms with E-state index in [0.717, 1.165) is 23.2 Å². The van der Waals surface area contributed by atoms with Crippen LogP contribution in [0.25, 0.3) is 0 Å². The number of carbonyl (C=O) groups excluding carboxylic acids is 2. The van der Waals surface area contributed by atoms with E-state index in [1.54, 1.807) is 4.90 Å². The number of nitrogens with zero attached hydrogens (tertiary/aromatic N) is 1. The molecule has 3 rings (SSSR count). The predicted octanol–water partition coefficient (Wildman–Crippen LogP) is 2.67. The van der Waals surface area contributed by atoms with Crippen LogP contribution in [0, 0.1) is 0 Å². The predicted molar refractivity (Wildman–Crippen MR) is 90.0 cm³/mol. The van der Waals surface area contributed by atoms with E-state index >= 15 is 0 Å². The summed E-state index contributed by atoms with van der Waals surface area (Å²) in [6.07, 6.45) is 0.721. The zero-order chi connectivity index (χ0) is 16.2. The van der Waals surface area contributed by atoms with Crippen molar-refractivity contribution in [1.29, 1.82) is 0 Å². The highest BCUT2D eigenvalue weighted by Gasteiger charge is 2.31. The summed E-state index contributed by atoms with van der Waals surface area (Å²) in [5, 5.41) is 2.81. The Hall–Kier alpha value is -2.62. The number of hydrogen-bond acceptors (Lipinski definition) is 2. The van der Waals surface area contributed by atoms with Crippen LogP contribution in [-0.2, 0) is 22.6 Å². The molecule has 2 amide bonds. The number of para-hydroxylation sites is 1. The first-order valence-corrected chi connectivity index (χ1v) is 7.86. The fourth-order valence-corrected chi connectivity index (χ4v) is 3.03. The second-order valence-electron chi connectivity index (χ2n) is 5.88. The van der Waals surface area contributed by atoms with Gasteiger partial charge in [0.1, 0.15) is 6.42 Å². The summed E-state index contributed by atoms with van der Waals surface area (Å²) in [4.78, 5) is 26.3. The zero-order valence-corrected chi connectivity index (χ0v) is 13.2. The van der Waals surface area contributed by atoms with Crippen LogP contribution in [-0.4, -0.2) is 17.9 Å². The zero-order valence-electron chi connectivity index (χ0n) is 13.2. The molecule has 0 aromatic heterocycles. The topological polar surface area (TPSA) is 49.4 Å². The Morgan fingerprint density at radius 2 is 1.78 bits per heavy atom. The minimum absolute atomic E-state index is 0.0989. The van der Waals surface area contributed by atoms with Crippen LogP contribution in [0.2, 0.25) is 0 Å². The Balaban J connectivity index is 1.60. The molecule has 0 spiro atoms. The van der Waals surface area contributed by atoms with Gasteiger partial charge in [-0.25, -0.2) is 0 Å². The van der Waals surface area contributed by atoms with Gasteiger partial charge in [-0.3, -0.25) is 9.59 Å². The number of benzene rings is 2. The Kier molecular flexibility index (Phi) is 4.42. The molecule has 1 unspecified atom stereocenters. The summed E-state index contributed by atoms with van der Waals surface area (Å²) in [6, 6.07) is 17.7. The molecule has 1 aliphatic heterocycles. The molecule has 0 fully saturated rings. The molecule has 2 aromatic carbocycles. The average Bonchev–Trinajstić information content (AvgIpc) is 2.89. The number of hydrogen-bond donors (Lipinski definition) is 1. The van der Waals surface area contributed by atoms with Gasteiger partial charge in [0.05, 0.1) is 0 Å². The normalized spacial score (nSPS) is 16.0. The lowest BCUT2D eigenvalue weighted by Gasteiger charge is -2.22. The second kappa shape index (κ2) is 6.65. The van der Waals surface area contributed by atoms with Gasteiger partial charge in [-0.05, 0) is 30.5 Å². The van der Waals surface area contributed by atoms with E-state index in [2.05, 4.69) is 5.32 Å². The van der Waals surface area contributed by atoms with Gasteiger partial charge < -0.3 is 10.2 Å². The van der Waals surface area contributed by atoms with E-state index in [9.17, 15) is 9.59 Å². The highest BCUT2D eigenvalue weighted by Crippen LogP contribution is 2.32. The molecule has 0 aliphatic carbocycles. The molecule has 0 saturated carbocycles. The lowest BCUT2D eigenvalue weighted by molar-refractivity contribution is -0.128. The van der Waals surface area contributed by atoms with Crippen molar-refractivity contribution in [3.8, 4) is 0 Å². The fourth-order valence-electron chi connectivity index (χ4n) is 3.03. The Morgan fingerprint density at radius 3 is 2.57 bits per heavy atom. The van der Waals surface area contributed by atoms with Gasteiger partial charge in [-0.15, -0.1) is 0 Å². The van der Waals surface area contributed by atoms with Crippen LogP contribution >= 0.6 is 0 Å². The van der Waals surface area contributed by atoms with Crippen molar-refractivity contribution in [2.75, 3.05) is 4.90 Å². The molecule has 0 saturated heterocycles. The second-order valence-corrected chi connectivity index (χ2v) is 5.88. The number of fused-ring (bicyclic) bond motifs is 1. The van der Waals surface area contributed by atoms with E-state index in [0.29, 0.717) is 6.54 Å². The van der Waals surface area contributed by atoms with Crippen molar-refractivity contribution in [2.24, 2.45) is 0 Å². The van der Waals surface area contributed by atoms with Gasteiger partial charge in [0.2, 0.25) is 11.8 Å². The van der Waals surface area contributed by atoms with Crippen LogP contribution in [0.1, 0.15) is 24.5 Å². The highest BCUT2D eigenvalue weighted by molar-refractivity contribution is 6.06. The lowest BCUT2D eigenvalue weighted by atomic mass is 10.1. The van der Waals surface area contributed by atoms with Crippen LogP contribution < -0.4 is 10.2 Å². The van der Waals surface area contributed by atoms with E-state index in [4.69, 9.17) is 0 Å². The van der Waals surface area contributed by atoms with Gasteiger partial charge in [-0.1, -0.05) is 48.5 Å². The maximum atomic E-state index is 12.5. The Bertz CT molecular complexity index is 712. The largest absolute Gasteiger partial charge is 0.352 e. The van der Waals surface area contributed by atoms with Crippen LogP contribution in [0.4, 0.5) is 5.69 Å². The third-order valence-corrected chi connectivity index (χ3v) is 4.12. The molecule has 1 atom stereocenters. The van der Waals surface area contributed by atoms with Crippen molar-refractivity contribution in [3.63, 3.8) is 0 Å². The van der Waals surface area contributed by atoms with Crippen LogP contribution in [0.15, 0.2) is 54.6 Å². The minimum Gasteiger partial charge on any atom is -0.352 e. The Morgan fingerprint density at radius 1 is 1.09 bits per heavy atom. The molecular formula is C19H20N2O2. The van der Waals surface area contributed by atoms with Crippen LogP contribution in [0.5, 0.6) is 0 Å². The third kappa shape index (κ3) is 3.42. The van der Waals surface area contributed by atoms with Gasteiger partial charge in [0, 0.05) is 18.3 Å². The molecule has 4 nitrogen and oxygen atoms in total. The molecule has 4 heteroatoms. The fraction of sp³-hybridized carbons (Fsp3) is 0.263. The Labute approximate surface area is 136 Å². The van der Waals surface area contributed by atoms with E-state index in [-0.39, 0.29) is 24.3 Å². The van der Waals surface area contributed by atoms with Gasteiger partial charge in [0.15, 0.2) is 0 Å². The third-order valence-electron chi connectivity index (χ3n) is 4.12. The smallest absolute Gasteiger partial charge is 0.236 e. The molecule has 0 radical (unpaired) electrons. The monoisotopic (exact) mass is 308 g/mol. The molecule has 1 N–H and O–H groups in total. The number of nitrogens with one attached hydrogen (secondary N) is 1. The molecule has 23 heavy (non-hydrogen) atoms. The first kappa shape index (κ1) is 15.3. The van der Waals surface area contributed by atoms with Crippen molar-refractivity contribution in [1.82, 2.24) is 5.32 Å². The first-order valence-electron chi connectivity index (χ1n) is 7.86. The van der Waals surface area contributed by atoms with Gasteiger partial charge >= 0.3 is 0 Å². The molecule has 0 bridgehead atoms. The molecule has 118 valence electrons. The number of carbonyl (C=O) groups is 2. The van der Waals surface area contributed by atoms with Gasteiger partial charge in [0.25, 0.3) is 0 Å². The standard InChI is InChI=1S/C19H20N2O2/c1-14-11-16-9-5-6-10-17(16)21(14)19(23)12-18(22)20-13-15-7-3-2-4-8-15/h2-10,14H,11-13H2,1H3,(H,20,22).